The van der Waals surface area contributed by atoms with E-state index >= 15 is 0 Å². The van der Waals surface area contributed by atoms with Crippen molar-refractivity contribution in [1.82, 2.24) is 4.57 Å². The molecule has 3 atom stereocenters. The molecule has 1 aliphatic carbocycles. The summed E-state index contributed by atoms with van der Waals surface area (Å²) in [6.45, 7) is 3.65. The number of hydrogen-bond acceptors (Lipinski definition) is 0. The lowest BCUT2D eigenvalue weighted by Crippen LogP contribution is -1.97. The van der Waals surface area contributed by atoms with Crippen LogP contribution in [0.15, 0.2) is 18.3 Å². The largest absolute Gasteiger partial charge is 0.351 e. The summed E-state index contributed by atoms with van der Waals surface area (Å²) in [6, 6.07) is 4.44. The Balaban J connectivity index is 2.14. The topological polar surface area (TPSA) is 4.93 Å². The fourth-order valence-corrected chi connectivity index (χ4v) is 2.44. The Morgan fingerprint density at radius 2 is 2.50 bits per heavy atom. The normalized spacial score (nSPS) is 41.1. The van der Waals surface area contributed by atoms with Gasteiger partial charge >= 0.3 is 0 Å². The smallest absolute Gasteiger partial charge is 0.0259 e. The second kappa shape index (κ2) is 1.31. The van der Waals surface area contributed by atoms with E-state index in [4.69, 9.17) is 0 Å². The molecule has 0 spiro atoms. The third-order valence-electron chi connectivity index (χ3n) is 3.18. The van der Waals surface area contributed by atoms with Crippen molar-refractivity contribution in [2.75, 3.05) is 0 Å². The zero-order valence-electron chi connectivity index (χ0n) is 6.12. The van der Waals surface area contributed by atoms with Crippen LogP contribution in [0.4, 0.5) is 0 Å². The summed E-state index contributed by atoms with van der Waals surface area (Å²) in [4.78, 5) is 0. The fraction of sp³-hybridized carbons (Fsp3) is 0.556. The summed E-state index contributed by atoms with van der Waals surface area (Å²) < 4.78 is 2.40. The van der Waals surface area contributed by atoms with E-state index in [1.165, 1.54) is 6.54 Å². The highest BCUT2D eigenvalue weighted by atomic mass is 15.0. The van der Waals surface area contributed by atoms with Crippen LogP contribution >= 0.6 is 0 Å². The first-order valence-corrected chi connectivity index (χ1v) is 4.03. The van der Waals surface area contributed by atoms with Gasteiger partial charge in [0.1, 0.15) is 0 Å². The van der Waals surface area contributed by atoms with Gasteiger partial charge in [-0.3, -0.25) is 0 Å². The lowest BCUT2D eigenvalue weighted by Gasteiger charge is -2.01. The van der Waals surface area contributed by atoms with E-state index in [2.05, 4.69) is 29.8 Å². The minimum atomic E-state index is 0.926. The molecule has 0 aromatic carbocycles. The molecular weight excluding hydrogens is 122 g/mol. The molecule has 1 aliphatic heterocycles. The first-order valence-electron chi connectivity index (χ1n) is 4.03. The Hall–Kier alpha value is -0.720. The fourth-order valence-electron chi connectivity index (χ4n) is 2.44. The molecule has 52 valence electrons. The standard InChI is InChI=1S/C9H11N/c1-6-7-5-10-4-2-3-8(10)9(6)7/h2-4,6-7,9H,5H2,1H3/t6-,7+,9?/m0/s1. The highest BCUT2D eigenvalue weighted by molar-refractivity contribution is 5.27. The van der Waals surface area contributed by atoms with Gasteiger partial charge < -0.3 is 4.57 Å². The summed E-state index contributed by atoms with van der Waals surface area (Å²) in [6.07, 6.45) is 2.20. The highest BCUT2D eigenvalue weighted by Gasteiger charge is 2.52. The Labute approximate surface area is 60.7 Å². The molecule has 10 heavy (non-hydrogen) atoms. The molecule has 1 heteroatoms. The SMILES string of the molecule is C[C@@H]1C2c3cccn3C[C@@H]21. The van der Waals surface area contributed by atoms with Crippen molar-refractivity contribution in [3.63, 3.8) is 0 Å². The first-order chi connectivity index (χ1) is 4.88. The molecule has 1 unspecified atom stereocenters. The van der Waals surface area contributed by atoms with Crippen LogP contribution in [0, 0.1) is 11.8 Å². The third kappa shape index (κ3) is 0.386. The molecule has 1 saturated carbocycles. The van der Waals surface area contributed by atoms with Gasteiger partial charge in [-0.05, 0) is 24.0 Å². The van der Waals surface area contributed by atoms with Gasteiger partial charge in [0, 0.05) is 24.4 Å². The van der Waals surface area contributed by atoms with Crippen LogP contribution in [0.25, 0.3) is 0 Å². The number of aromatic nitrogens is 1. The maximum absolute atomic E-state index is 2.40. The van der Waals surface area contributed by atoms with Gasteiger partial charge in [0.05, 0.1) is 0 Å². The average Bonchev–Trinajstić information content (AvgIpc) is 2.27. The van der Waals surface area contributed by atoms with Crippen molar-refractivity contribution in [3.05, 3.63) is 24.0 Å². The van der Waals surface area contributed by atoms with Gasteiger partial charge in [-0.1, -0.05) is 6.92 Å². The maximum atomic E-state index is 2.40. The molecule has 1 nitrogen and oxygen atoms in total. The van der Waals surface area contributed by atoms with E-state index in [1.807, 2.05) is 0 Å². The van der Waals surface area contributed by atoms with E-state index in [1.54, 1.807) is 5.69 Å². The molecule has 0 bridgehead atoms. The minimum Gasteiger partial charge on any atom is -0.351 e. The molecule has 2 aliphatic rings. The lowest BCUT2D eigenvalue weighted by atomic mass is 10.2. The van der Waals surface area contributed by atoms with Crippen molar-refractivity contribution in [2.24, 2.45) is 11.8 Å². The van der Waals surface area contributed by atoms with Crippen molar-refractivity contribution in [1.29, 1.82) is 0 Å². The molecular formula is C9H11N. The summed E-state index contributed by atoms with van der Waals surface area (Å²) in [7, 11) is 0. The predicted octanol–water partition coefficient (Wildman–Crippen LogP) is 1.85. The average molecular weight is 133 g/mol. The molecule has 3 rings (SSSR count). The zero-order valence-corrected chi connectivity index (χ0v) is 6.12. The molecule has 0 N–H and O–H groups in total. The Morgan fingerprint density at radius 1 is 1.60 bits per heavy atom. The van der Waals surface area contributed by atoms with Crippen molar-refractivity contribution < 1.29 is 0 Å². The van der Waals surface area contributed by atoms with Crippen LogP contribution in [0.5, 0.6) is 0 Å². The van der Waals surface area contributed by atoms with E-state index in [9.17, 15) is 0 Å². The zero-order chi connectivity index (χ0) is 6.72. The number of nitrogens with zero attached hydrogens (tertiary/aromatic N) is 1. The van der Waals surface area contributed by atoms with E-state index < -0.39 is 0 Å². The number of rotatable bonds is 0. The molecule has 1 aromatic rings. The minimum absolute atomic E-state index is 0.926. The summed E-state index contributed by atoms with van der Waals surface area (Å²) >= 11 is 0. The van der Waals surface area contributed by atoms with Crippen LogP contribution in [-0.4, -0.2) is 4.57 Å². The molecule has 0 saturated heterocycles. The van der Waals surface area contributed by atoms with E-state index in [0.717, 1.165) is 17.8 Å². The lowest BCUT2D eigenvalue weighted by molar-refractivity contribution is 0.611. The number of hydrogen-bond donors (Lipinski definition) is 0. The van der Waals surface area contributed by atoms with E-state index in [-0.39, 0.29) is 0 Å². The van der Waals surface area contributed by atoms with Gasteiger partial charge in [-0.25, -0.2) is 0 Å². The third-order valence-corrected chi connectivity index (χ3v) is 3.18. The Bertz CT molecular complexity index is 274. The molecule has 1 aromatic heterocycles. The molecule has 0 amide bonds. The van der Waals surface area contributed by atoms with Crippen LogP contribution in [0.2, 0.25) is 0 Å². The molecule has 2 heterocycles. The maximum Gasteiger partial charge on any atom is 0.0259 e. The van der Waals surface area contributed by atoms with Crippen LogP contribution in [-0.2, 0) is 6.54 Å². The molecule has 0 radical (unpaired) electrons. The molecule has 1 fully saturated rings. The second-order valence-electron chi connectivity index (χ2n) is 3.63. The second-order valence-corrected chi connectivity index (χ2v) is 3.63. The monoisotopic (exact) mass is 133 g/mol. The number of fused-ring (bicyclic) bond motifs is 3. The van der Waals surface area contributed by atoms with Crippen LogP contribution < -0.4 is 0 Å². The highest BCUT2D eigenvalue weighted by Crippen LogP contribution is 2.58. The quantitative estimate of drug-likeness (QED) is 0.509. The van der Waals surface area contributed by atoms with E-state index in [0.29, 0.717) is 0 Å². The van der Waals surface area contributed by atoms with Crippen LogP contribution in [0.3, 0.4) is 0 Å². The Morgan fingerprint density at radius 3 is 3.40 bits per heavy atom. The van der Waals surface area contributed by atoms with Gasteiger partial charge in [0.2, 0.25) is 0 Å². The van der Waals surface area contributed by atoms with Gasteiger partial charge in [0.15, 0.2) is 0 Å². The summed E-state index contributed by atoms with van der Waals surface area (Å²) in [5.41, 5.74) is 1.58. The van der Waals surface area contributed by atoms with Crippen LogP contribution in [0.1, 0.15) is 18.5 Å². The summed E-state index contributed by atoms with van der Waals surface area (Å²) in [5.74, 6) is 2.90. The first kappa shape index (κ1) is 5.00. The predicted molar refractivity (Wildman–Crippen MR) is 39.8 cm³/mol. The van der Waals surface area contributed by atoms with Crippen molar-refractivity contribution in [3.8, 4) is 0 Å². The van der Waals surface area contributed by atoms with Crippen molar-refractivity contribution >= 4 is 0 Å². The van der Waals surface area contributed by atoms with Crippen molar-refractivity contribution in [2.45, 2.75) is 19.4 Å². The van der Waals surface area contributed by atoms with Gasteiger partial charge in [-0.2, -0.15) is 0 Å². The van der Waals surface area contributed by atoms with Gasteiger partial charge in [0.25, 0.3) is 0 Å². The van der Waals surface area contributed by atoms with Gasteiger partial charge in [-0.15, -0.1) is 0 Å². The Kier molecular flexibility index (Phi) is 0.657. The summed E-state index contributed by atoms with van der Waals surface area (Å²) in [5, 5.41) is 0.